The Bertz CT molecular complexity index is 457. The van der Waals surface area contributed by atoms with Crippen LogP contribution < -0.4 is 5.32 Å². The van der Waals surface area contributed by atoms with Crippen LogP contribution in [0.3, 0.4) is 0 Å². The van der Waals surface area contributed by atoms with E-state index in [0.717, 1.165) is 15.2 Å². The molecule has 1 atom stereocenters. The summed E-state index contributed by atoms with van der Waals surface area (Å²) in [6, 6.07) is 14.2. The van der Waals surface area contributed by atoms with Crippen molar-refractivity contribution in [3.63, 3.8) is 0 Å². The number of halogens is 1. The van der Waals surface area contributed by atoms with Gasteiger partial charge in [-0.2, -0.15) is 0 Å². The molecule has 0 aliphatic heterocycles. The highest BCUT2D eigenvalue weighted by molar-refractivity contribution is 9.11. The van der Waals surface area contributed by atoms with Crippen molar-refractivity contribution in [2.75, 3.05) is 6.61 Å². The fourth-order valence-corrected chi connectivity index (χ4v) is 3.10. The lowest BCUT2D eigenvalue weighted by atomic mass is 10.2. The Morgan fingerprint density at radius 1 is 1.18 bits per heavy atom. The summed E-state index contributed by atoms with van der Waals surface area (Å²) in [5.74, 6) is 0. The highest BCUT2D eigenvalue weighted by Gasteiger charge is 2.11. The average molecular weight is 312 g/mol. The Morgan fingerprint density at radius 2 is 1.94 bits per heavy atom. The maximum absolute atomic E-state index is 9.40. The molecule has 2 aromatic rings. The number of rotatable bonds is 5. The second-order valence-electron chi connectivity index (χ2n) is 3.74. The molecule has 0 aliphatic rings. The van der Waals surface area contributed by atoms with E-state index in [4.69, 9.17) is 0 Å². The van der Waals surface area contributed by atoms with E-state index in [1.165, 1.54) is 5.56 Å². The lowest BCUT2D eigenvalue weighted by Crippen LogP contribution is -2.23. The minimum Gasteiger partial charge on any atom is -0.394 e. The molecule has 1 unspecified atom stereocenters. The van der Waals surface area contributed by atoms with Crippen LogP contribution in [-0.2, 0) is 6.54 Å². The van der Waals surface area contributed by atoms with Gasteiger partial charge in [0.05, 0.1) is 16.4 Å². The van der Waals surface area contributed by atoms with Gasteiger partial charge in [-0.05, 0) is 33.6 Å². The topological polar surface area (TPSA) is 32.3 Å². The van der Waals surface area contributed by atoms with Crippen LogP contribution >= 0.6 is 27.3 Å². The molecule has 17 heavy (non-hydrogen) atoms. The molecule has 1 aromatic carbocycles. The Kier molecular flexibility index (Phi) is 4.74. The normalized spacial score (nSPS) is 12.6. The lowest BCUT2D eigenvalue weighted by Gasteiger charge is -2.14. The molecular weight excluding hydrogens is 298 g/mol. The van der Waals surface area contributed by atoms with Crippen LogP contribution in [0.4, 0.5) is 0 Å². The molecule has 0 bridgehead atoms. The first-order chi connectivity index (χ1) is 8.29. The molecule has 0 spiro atoms. The molecule has 0 radical (unpaired) electrons. The Balaban J connectivity index is 1.97. The number of hydrogen-bond donors (Lipinski definition) is 2. The number of hydrogen-bond acceptors (Lipinski definition) is 3. The largest absolute Gasteiger partial charge is 0.394 e. The van der Waals surface area contributed by atoms with Crippen molar-refractivity contribution >= 4 is 27.3 Å². The summed E-state index contributed by atoms with van der Waals surface area (Å²) in [6.45, 7) is 0.876. The zero-order chi connectivity index (χ0) is 12.1. The number of nitrogens with one attached hydrogen (secondary N) is 1. The fourth-order valence-electron chi connectivity index (χ4n) is 1.61. The van der Waals surface area contributed by atoms with Gasteiger partial charge < -0.3 is 10.4 Å². The van der Waals surface area contributed by atoms with E-state index in [1.807, 2.05) is 30.3 Å². The molecule has 90 valence electrons. The summed E-state index contributed by atoms with van der Waals surface area (Å²) in [4.78, 5) is 1.15. The predicted molar refractivity (Wildman–Crippen MR) is 75.1 cm³/mol. The van der Waals surface area contributed by atoms with Gasteiger partial charge in [-0.15, -0.1) is 11.3 Å². The monoisotopic (exact) mass is 311 g/mol. The molecule has 0 saturated heterocycles. The van der Waals surface area contributed by atoms with Crippen molar-refractivity contribution in [2.45, 2.75) is 12.6 Å². The molecule has 0 aliphatic carbocycles. The van der Waals surface area contributed by atoms with Crippen molar-refractivity contribution in [1.82, 2.24) is 5.32 Å². The van der Waals surface area contributed by atoms with Crippen LogP contribution in [0.5, 0.6) is 0 Å². The van der Waals surface area contributed by atoms with Crippen molar-refractivity contribution in [1.29, 1.82) is 0 Å². The second-order valence-corrected chi connectivity index (χ2v) is 6.24. The average Bonchev–Trinajstić information content (AvgIpc) is 2.78. The zero-order valence-electron chi connectivity index (χ0n) is 9.27. The van der Waals surface area contributed by atoms with Crippen LogP contribution in [0.2, 0.25) is 0 Å². The van der Waals surface area contributed by atoms with Crippen LogP contribution in [0.1, 0.15) is 16.5 Å². The SMILES string of the molecule is OCC(NCc1ccccc1)c1ccc(Br)s1. The van der Waals surface area contributed by atoms with E-state index >= 15 is 0 Å². The van der Waals surface area contributed by atoms with Gasteiger partial charge in [-0.1, -0.05) is 30.3 Å². The highest BCUT2D eigenvalue weighted by atomic mass is 79.9. The third kappa shape index (κ3) is 3.64. The highest BCUT2D eigenvalue weighted by Crippen LogP contribution is 2.27. The first kappa shape index (κ1) is 12.8. The number of thiophene rings is 1. The number of aliphatic hydroxyl groups excluding tert-OH is 1. The van der Waals surface area contributed by atoms with E-state index in [9.17, 15) is 5.11 Å². The van der Waals surface area contributed by atoms with E-state index in [2.05, 4.69) is 33.4 Å². The summed E-state index contributed by atoms with van der Waals surface area (Å²) in [6.07, 6.45) is 0. The minimum absolute atomic E-state index is 0.00602. The lowest BCUT2D eigenvalue weighted by molar-refractivity contribution is 0.245. The Hall–Kier alpha value is -0.680. The summed E-state index contributed by atoms with van der Waals surface area (Å²) >= 11 is 5.08. The molecule has 0 saturated carbocycles. The smallest absolute Gasteiger partial charge is 0.0702 e. The van der Waals surface area contributed by atoms with Gasteiger partial charge in [0, 0.05) is 11.4 Å². The van der Waals surface area contributed by atoms with Crippen molar-refractivity contribution in [3.05, 3.63) is 56.7 Å². The molecule has 1 aromatic heterocycles. The van der Waals surface area contributed by atoms with Crippen molar-refractivity contribution in [2.24, 2.45) is 0 Å². The molecule has 2 rings (SSSR count). The van der Waals surface area contributed by atoms with Gasteiger partial charge in [0.25, 0.3) is 0 Å². The summed E-state index contributed by atoms with van der Waals surface area (Å²) in [5, 5.41) is 12.8. The number of benzene rings is 1. The molecule has 0 fully saturated rings. The zero-order valence-corrected chi connectivity index (χ0v) is 11.7. The molecule has 2 nitrogen and oxygen atoms in total. The maximum Gasteiger partial charge on any atom is 0.0702 e. The van der Waals surface area contributed by atoms with Crippen LogP contribution in [0.15, 0.2) is 46.3 Å². The summed E-state index contributed by atoms with van der Waals surface area (Å²) in [7, 11) is 0. The number of aliphatic hydroxyl groups is 1. The van der Waals surface area contributed by atoms with Gasteiger partial charge in [-0.25, -0.2) is 0 Å². The molecule has 2 N–H and O–H groups in total. The van der Waals surface area contributed by atoms with E-state index in [0.29, 0.717) is 0 Å². The second kappa shape index (κ2) is 6.31. The molecular formula is C13H14BrNOS. The fraction of sp³-hybridized carbons (Fsp3) is 0.231. The van der Waals surface area contributed by atoms with Gasteiger partial charge in [0.15, 0.2) is 0 Å². The predicted octanol–water partition coefficient (Wildman–Crippen LogP) is 3.33. The van der Waals surface area contributed by atoms with E-state index in [-0.39, 0.29) is 12.6 Å². The van der Waals surface area contributed by atoms with Crippen molar-refractivity contribution < 1.29 is 5.11 Å². The van der Waals surface area contributed by atoms with Gasteiger partial charge in [0.1, 0.15) is 0 Å². The first-order valence-electron chi connectivity index (χ1n) is 5.43. The summed E-state index contributed by atoms with van der Waals surface area (Å²) in [5.41, 5.74) is 1.22. The van der Waals surface area contributed by atoms with Crippen LogP contribution in [-0.4, -0.2) is 11.7 Å². The van der Waals surface area contributed by atoms with E-state index < -0.39 is 0 Å². The standard InChI is InChI=1S/C13H14BrNOS/c14-13-7-6-12(17-13)11(9-16)15-8-10-4-2-1-3-5-10/h1-7,11,15-16H,8-9H2. The van der Waals surface area contributed by atoms with Gasteiger partial charge >= 0.3 is 0 Å². The van der Waals surface area contributed by atoms with E-state index in [1.54, 1.807) is 11.3 Å². The first-order valence-corrected chi connectivity index (χ1v) is 7.04. The molecule has 1 heterocycles. The third-order valence-electron chi connectivity index (χ3n) is 2.52. The Morgan fingerprint density at radius 3 is 2.53 bits per heavy atom. The quantitative estimate of drug-likeness (QED) is 0.887. The van der Waals surface area contributed by atoms with Crippen molar-refractivity contribution in [3.8, 4) is 0 Å². The Labute approximate surface area is 113 Å². The maximum atomic E-state index is 9.40. The van der Waals surface area contributed by atoms with Gasteiger partial charge in [-0.3, -0.25) is 0 Å². The summed E-state index contributed by atoms with van der Waals surface area (Å²) < 4.78 is 1.09. The molecule has 4 heteroatoms. The third-order valence-corrected chi connectivity index (χ3v) is 4.25. The minimum atomic E-state index is 0.00602. The van der Waals surface area contributed by atoms with Gasteiger partial charge in [0.2, 0.25) is 0 Å². The molecule has 0 amide bonds. The van der Waals surface area contributed by atoms with Crippen LogP contribution in [0.25, 0.3) is 0 Å². The van der Waals surface area contributed by atoms with Crippen LogP contribution in [0, 0.1) is 0 Å².